The molecule has 100 valence electrons. The van der Waals surface area contributed by atoms with Crippen molar-refractivity contribution < 1.29 is 9.18 Å². The molecule has 19 heavy (non-hydrogen) atoms. The van der Waals surface area contributed by atoms with Crippen molar-refractivity contribution in [2.75, 3.05) is 5.32 Å². The molecule has 1 amide bonds. The molecule has 1 heterocycles. The number of halogens is 1. The maximum absolute atomic E-state index is 13.0. The van der Waals surface area contributed by atoms with Crippen LogP contribution >= 0.6 is 11.8 Å². The summed E-state index contributed by atoms with van der Waals surface area (Å²) in [6.07, 6.45) is 3.50. The molecule has 0 bridgehead atoms. The molecule has 0 unspecified atom stereocenters. The van der Waals surface area contributed by atoms with Gasteiger partial charge < -0.3 is 9.88 Å². The number of rotatable bonds is 4. The average molecular weight is 279 g/mol. The minimum absolute atomic E-state index is 0.182. The van der Waals surface area contributed by atoms with Gasteiger partial charge in [-0.25, -0.2) is 9.37 Å². The Balaban J connectivity index is 1.98. The lowest BCUT2D eigenvalue weighted by atomic mass is 10.3. The zero-order chi connectivity index (χ0) is 13.8. The summed E-state index contributed by atoms with van der Waals surface area (Å²) in [5, 5.41) is 3.13. The van der Waals surface area contributed by atoms with Crippen LogP contribution < -0.4 is 5.32 Å². The van der Waals surface area contributed by atoms with Crippen LogP contribution in [0.3, 0.4) is 0 Å². The van der Waals surface area contributed by atoms with Crippen LogP contribution in [0, 0.1) is 5.82 Å². The second kappa shape index (κ2) is 5.88. The normalized spacial score (nSPS) is 12.2. The van der Waals surface area contributed by atoms with Gasteiger partial charge in [0.05, 0.1) is 5.25 Å². The predicted octanol–water partition coefficient (Wildman–Crippen LogP) is 2.68. The number of aromatic nitrogens is 2. The van der Waals surface area contributed by atoms with Gasteiger partial charge in [0.2, 0.25) is 5.91 Å². The summed E-state index contributed by atoms with van der Waals surface area (Å²) in [6.45, 7) is 1.79. The fourth-order valence-corrected chi connectivity index (χ4v) is 2.32. The summed E-state index contributed by atoms with van der Waals surface area (Å²) in [7, 11) is 1.87. The van der Waals surface area contributed by atoms with Crippen molar-refractivity contribution in [1.29, 1.82) is 0 Å². The second-order valence-electron chi connectivity index (χ2n) is 4.08. The molecule has 0 radical (unpaired) electrons. The van der Waals surface area contributed by atoms with Crippen LogP contribution in [-0.2, 0) is 11.8 Å². The van der Waals surface area contributed by atoms with Crippen molar-refractivity contribution in [3.05, 3.63) is 42.5 Å². The third-order valence-corrected chi connectivity index (χ3v) is 3.69. The number of nitrogens with one attached hydrogen (secondary N) is 1. The third kappa shape index (κ3) is 3.57. The average Bonchev–Trinajstić information content (AvgIpc) is 2.75. The predicted molar refractivity (Wildman–Crippen MR) is 73.6 cm³/mol. The topological polar surface area (TPSA) is 46.9 Å². The number of anilines is 1. The molecule has 4 nitrogen and oxygen atoms in total. The fraction of sp³-hybridized carbons (Fsp3) is 0.231. The smallest absolute Gasteiger partial charge is 0.237 e. The molecular formula is C13H14FN3OS. The summed E-state index contributed by atoms with van der Waals surface area (Å²) < 4.78 is 14.9. The first kappa shape index (κ1) is 13.6. The monoisotopic (exact) mass is 279 g/mol. The number of amides is 1. The van der Waals surface area contributed by atoms with Crippen LogP contribution in [0.4, 0.5) is 10.1 Å². The third-order valence-electron chi connectivity index (χ3n) is 2.52. The number of imidazole rings is 1. The standard InChI is InChI=1S/C13H14FN3OS/c1-9(19-13-15-6-7-17(13)2)12(18)16-11-5-3-4-10(14)8-11/h3-9H,1-2H3,(H,16,18)/t9-/m0/s1. The second-order valence-corrected chi connectivity index (χ2v) is 5.39. The van der Waals surface area contributed by atoms with Crippen molar-refractivity contribution in [3.63, 3.8) is 0 Å². The summed E-state index contributed by atoms with van der Waals surface area (Å²) in [4.78, 5) is 16.1. The van der Waals surface area contributed by atoms with Crippen LogP contribution in [-0.4, -0.2) is 20.7 Å². The minimum Gasteiger partial charge on any atom is -0.329 e. The van der Waals surface area contributed by atoms with Crippen molar-refractivity contribution in [1.82, 2.24) is 9.55 Å². The number of carbonyl (C=O) groups is 1. The molecule has 1 aromatic heterocycles. The zero-order valence-corrected chi connectivity index (χ0v) is 11.4. The van der Waals surface area contributed by atoms with E-state index < -0.39 is 0 Å². The number of benzene rings is 1. The SMILES string of the molecule is C[C@H](Sc1nccn1C)C(=O)Nc1cccc(F)c1. The molecule has 0 spiro atoms. The van der Waals surface area contributed by atoms with Crippen molar-refractivity contribution >= 4 is 23.4 Å². The summed E-state index contributed by atoms with van der Waals surface area (Å²) >= 11 is 1.35. The van der Waals surface area contributed by atoms with Gasteiger partial charge in [0.15, 0.2) is 5.16 Å². The Hall–Kier alpha value is -1.82. The lowest BCUT2D eigenvalue weighted by Gasteiger charge is -2.11. The summed E-state index contributed by atoms with van der Waals surface area (Å²) in [5.74, 6) is -0.555. The van der Waals surface area contributed by atoms with Gasteiger partial charge in [0.25, 0.3) is 0 Å². The first-order valence-corrected chi connectivity index (χ1v) is 6.64. The summed E-state index contributed by atoms with van der Waals surface area (Å²) in [5.41, 5.74) is 0.456. The number of hydrogen-bond donors (Lipinski definition) is 1. The van der Waals surface area contributed by atoms with Crippen LogP contribution in [0.15, 0.2) is 41.8 Å². The zero-order valence-electron chi connectivity index (χ0n) is 10.6. The van der Waals surface area contributed by atoms with Gasteiger partial charge in [0.1, 0.15) is 5.82 Å². The lowest BCUT2D eigenvalue weighted by Crippen LogP contribution is -2.22. The van der Waals surface area contributed by atoms with Crippen LogP contribution in [0.1, 0.15) is 6.92 Å². The number of nitrogens with zero attached hydrogens (tertiary/aromatic N) is 2. The van der Waals surface area contributed by atoms with Gasteiger partial charge in [-0.2, -0.15) is 0 Å². The molecule has 6 heteroatoms. The van der Waals surface area contributed by atoms with Gasteiger partial charge in [-0.3, -0.25) is 4.79 Å². The molecular weight excluding hydrogens is 265 g/mol. The van der Waals surface area contributed by atoms with Crippen LogP contribution in [0.25, 0.3) is 0 Å². The van der Waals surface area contributed by atoms with Crippen molar-refractivity contribution in [2.24, 2.45) is 7.05 Å². The molecule has 0 aliphatic rings. The van der Waals surface area contributed by atoms with Crippen molar-refractivity contribution in [3.8, 4) is 0 Å². The van der Waals surface area contributed by atoms with Gasteiger partial charge in [-0.15, -0.1) is 0 Å². The lowest BCUT2D eigenvalue weighted by molar-refractivity contribution is -0.115. The highest BCUT2D eigenvalue weighted by molar-refractivity contribution is 8.00. The number of aryl methyl sites for hydroxylation is 1. The molecule has 2 aromatic rings. The van der Waals surface area contributed by atoms with E-state index in [9.17, 15) is 9.18 Å². The quantitative estimate of drug-likeness (QED) is 0.875. The molecule has 2 rings (SSSR count). The molecule has 0 aliphatic carbocycles. The number of carbonyl (C=O) groups excluding carboxylic acids is 1. The molecule has 1 N–H and O–H groups in total. The Morgan fingerprint density at radius 1 is 1.53 bits per heavy atom. The maximum Gasteiger partial charge on any atom is 0.237 e. The Labute approximate surface area is 115 Å². The number of hydrogen-bond acceptors (Lipinski definition) is 3. The van der Waals surface area contributed by atoms with E-state index in [1.807, 2.05) is 17.8 Å². The van der Waals surface area contributed by atoms with Gasteiger partial charge in [0, 0.05) is 25.1 Å². The van der Waals surface area contributed by atoms with E-state index in [2.05, 4.69) is 10.3 Å². The molecule has 0 aliphatic heterocycles. The Morgan fingerprint density at radius 3 is 2.95 bits per heavy atom. The van der Waals surface area contributed by atoms with Gasteiger partial charge in [-0.1, -0.05) is 17.8 Å². The van der Waals surface area contributed by atoms with E-state index in [4.69, 9.17) is 0 Å². The minimum atomic E-state index is -0.373. The first-order valence-electron chi connectivity index (χ1n) is 5.76. The van der Waals surface area contributed by atoms with E-state index >= 15 is 0 Å². The van der Waals surface area contributed by atoms with Crippen LogP contribution in [0.5, 0.6) is 0 Å². The highest BCUT2D eigenvalue weighted by Crippen LogP contribution is 2.22. The number of thioether (sulfide) groups is 1. The maximum atomic E-state index is 13.0. The van der Waals surface area contributed by atoms with Crippen LogP contribution in [0.2, 0.25) is 0 Å². The molecule has 1 aromatic carbocycles. The van der Waals surface area contributed by atoms with E-state index in [1.54, 1.807) is 25.3 Å². The Morgan fingerprint density at radius 2 is 2.32 bits per heavy atom. The Kier molecular flexibility index (Phi) is 4.21. The van der Waals surface area contributed by atoms with E-state index in [0.717, 1.165) is 5.16 Å². The van der Waals surface area contributed by atoms with E-state index in [-0.39, 0.29) is 17.0 Å². The highest BCUT2D eigenvalue weighted by Gasteiger charge is 2.16. The highest BCUT2D eigenvalue weighted by atomic mass is 32.2. The molecule has 0 saturated heterocycles. The van der Waals surface area contributed by atoms with E-state index in [0.29, 0.717) is 5.69 Å². The van der Waals surface area contributed by atoms with E-state index in [1.165, 1.54) is 23.9 Å². The Bertz CT molecular complexity index is 585. The fourth-order valence-electron chi connectivity index (χ4n) is 1.49. The molecule has 0 saturated carbocycles. The van der Waals surface area contributed by atoms with Gasteiger partial charge in [-0.05, 0) is 25.1 Å². The largest absolute Gasteiger partial charge is 0.329 e. The van der Waals surface area contributed by atoms with Gasteiger partial charge >= 0.3 is 0 Å². The molecule has 0 fully saturated rings. The van der Waals surface area contributed by atoms with Crippen molar-refractivity contribution in [2.45, 2.75) is 17.3 Å². The summed E-state index contributed by atoms with van der Waals surface area (Å²) in [6, 6.07) is 5.83. The molecule has 1 atom stereocenters. The first-order chi connectivity index (χ1) is 9.06.